The molecular formula is C15H18N4O5S. The van der Waals surface area contributed by atoms with E-state index in [1.165, 1.54) is 4.57 Å². The van der Waals surface area contributed by atoms with Crippen LogP contribution in [0.4, 0.5) is 0 Å². The summed E-state index contributed by atoms with van der Waals surface area (Å²) in [6.07, 6.45) is 1.43. The highest BCUT2D eigenvalue weighted by Gasteiger charge is 2.39. The molecule has 0 unspecified atom stereocenters. The Morgan fingerprint density at radius 1 is 1.40 bits per heavy atom. The topological polar surface area (TPSA) is 131 Å². The Morgan fingerprint density at radius 3 is 2.72 bits per heavy atom. The second-order valence-corrected chi connectivity index (χ2v) is 9.00. The van der Waals surface area contributed by atoms with Gasteiger partial charge in [0.2, 0.25) is 5.91 Å². The minimum absolute atomic E-state index is 0.0101. The maximum absolute atomic E-state index is 12.4. The standard InChI is InChI=1S/C15H18N4O5S/c1-15(4-6-25(23,24)9-15)17-12(20)8-19-13(21)10(7-16)11-3-2-5-18(11)14(19)22/h2-6,8-9H2,1H3,(H,17,20)/t15-/m1/s1. The molecule has 1 fully saturated rings. The predicted octanol–water partition coefficient (Wildman–Crippen LogP) is -1.48. The van der Waals surface area contributed by atoms with Crippen molar-refractivity contribution >= 4 is 15.7 Å². The average Bonchev–Trinajstić information content (AvgIpc) is 3.09. The lowest BCUT2D eigenvalue weighted by atomic mass is 10.0. The number of sulfone groups is 1. The summed E-state index contributed by atoms with van der Waals surface area (Å²) in [5.74, 6) is -0.807. The molecular weight excluding hydrogens is 348 g/mol. The largest absolute Gasteiger partial charge is 0.348 e. The molecule has 0 spiro atoms. The van der Waals surface area contributed by atoms with Crippen LogP contribution in [-0.2, 0) is 34.1 Å². The van der Waals surface area contributed by atoms with Gasteiger partial charge in [-0.15, -0.1) is 0 Å². The fourth-order valence-electron chi connectivity index (χ4n) is 3.52. The smallest absolute Gasteiger partial charge is 0.331 e. The molecule has 1 aromatic heterocycles. The monoisotopic (exact) mass is 366 g/mol. The molecule has 0 bridgehead atoms. The molecule has 1 aromatic rings. The lowest BCUT2D eigenvalue weighted by Gasteiger charge is -2.24. The summed E-state index contributed by atoms with van der Waals surface area (Å²) in [7, 11) is -3.20. The van der Waals surface area contributed by atoms with Crippen LogP contribution in [0.15, 0.2) is 9.59 Å². The molecule has 10 heteroatoms. The molecule has 0 radical (unpaired) electrons. The molecule has 25 heavy (non-hydrogen) atoms. The number of hydrogen-bond donors (Lipinski definition) is 1. The number of rotatable bonds is 3. The van der Waals surface area contributed by atoms with Gasteiger partial charge in [-0.25, -0.2) is 17.8 Å². The average molecular weight is 366 g/mol. The highest BCUT2D eigenvalue weighted by Crippen LogP contribution is 2.22. The van der Waals surface area contributed by atoms with E-state index in [0.717, 1.165) is 4.57 Å². The molecule has 1 amide bonds. The van der Waals surface area contributed by atoms with Gasteiger partial charge in [0.05, 0.1) is 17.0 Å². The minimum atomic E-state index is -3.20. The van der Waals surface area contributed by atoms with Gasteiger partial charge < -0.3 is 5.32 Å². The van der Waals surface area contributed by atoms with Crippen LogP contribution in [0.2, 0.25) is 0 Å². The van der Waals surface area contributed by atoms with E-state index in [0.29, 0.717) is 25.1 Å². The third-order valence-electron chi connectivity index (χ3n) is 4.69. The molecule has 1 N–H and O–H groups in total. The molecule has 3 heterocycles. The van der Waals surface area contributed by atoms with Gasteiger partial charge in [-0.3, -0.25) is 14.2 Å². The lowest BCUT2D eigenvalue weighted by Crippen LogP contribution is -2.51. The maximum atomic E-state index is 12.4. The zero-order chi connectivity index (χ0) is 18.4. The van der Waals surface area contributed by atoms with Crippen molar-refractivity contribution in [3.8, 4) is 6.07 Å². The molecule has 3 rings (SSSR count). The summed E-state index contributed by atoms with van der Waals surface area (Å²) < 4.78 is 25.3. The van der Waals surface area contributed by atoms with Crippen LogP contribution in [0.5, 0.6) is 0 Å². The second-order valence-electron chi connectivity index (χ2n) is 6.81. The first-order chi connectivity index (χ1) is 11.7. The highest BCUT2D eigenvalue weighted by molar-refractivity contribution is 7.91. The Bertz CT molecular complexity index is 1010. The Kier molecular flexibility index (Phi) is 4.07. The minimum Gasteiger partial charge on any atom is -0.348 e. The van der Waals surface area contributed by atoms with Gasteiger partial charge in [0.1, 0.15) is 18.2 Å². The summed E-state index contributed by atoms with van der Waals surface area (Å²) in [5, 5.41) is 11.8. The van der Waals surface area contributed by atoms with Gasteiger partial charge in [-0.1, -0.05) is 0 Å². The highest BCUT2D eigenvalue weighted by atomic mass is 32.2. The number of nitrogens with one attached hydrogen (secondary N) is 1. The Hall–Kier alpha value is -2.41. The van der Waals surface area contributed by atoms with Crippen molar-refractivity contribution in [2.45, 2.75) is 44.8 Å². The Balaban J connectivity index is 1.89. The van der Waals surface area contributed by atoms with Crippen LogP contribution in [0.3, 0.4) is 0 Å². The van der Waals surface area contributed by atoms with Gasteiger partial charge in [0.25, 0.3) is 5.56 Å². The third-order valence-corrected chi connectivity index (χ3v) is 6.59. The van der Waals surface area contributed by atoms with Crippen molar-refractivity contribution in [3.05, 3.63) is 32.1 Å². The number of hydrogen-bond acceptors (Lipinski definition) is 6. The van der Waals surface area contributed by atoms with Crippen LogP contribution in [0, 0.1) is 11.3 Å². The molecule has 134 valence electrons. The molecule has 1 saturated heterocycles. The van der Waals surface area contributed by atoms with Gasteiger partial charge in [0, 0.05) is 12.2 Å². The summed E-state index contributed by atoms with van der Waals surface area (Å²) >= 11 is 0. The SMILES string of the molecule is C[C@@]1(NC(=O)Cn2c(=O)c(C#N)c3n(c2=O)CCC3)CCS(=O)(=O)C1. The van der Waals surface area contributed by atoms with E-state index in [-0.39, 0.29) is 23.5 Å². The normalized spacial score (nSPS) is 23.8. The van der Waals surface area contributed by atoms with Crippen molar-refractivity contribution in [1.82, 2.24) is 14.5 Å². The Labute approximate surface area is 143 Å². The maximum Gasteiger partial charge on any atom is 0.331 e. The summed E-state index contributed by atoms with van der Waals surface area (Å²) in [5.41, 5.74) is -2.00. The van der Waals surface area contributed by atoms with Crippen molar-refractivity contribution < 1.29 is 13.2 Å². The number of nitriles is 1. The first-order valence-electron chi connectivity index (χ1n) is 7.94. The second kappa shape index (κ2) is 5.84. The molecule has 9 nitrogen and oxygen atoms in total. The van der Waals surface area contributed by atoms with Crippen molar-refractivity contribution in [1.29, 1.82) is 5.26 Å². The molecule has 2 aliphatic rings. The van der Waals surface area contributed by atoms with Gasteiger partial charge in [0.15, 0.2) is 9.84 Å². The van der Waals surface area contributed by atoms with Crippen molar-refractivity contribution in [2.75, 3.05) is 11.5 Å². The van der Waals surface area contributed by atoms with Crippen LogP contribution in [0.25, 0.3) is 0 Å². The Morgan fingerprint density at radius 2 is 2.12 bits per heavy atom. The predicted molar refractivity (Wildman–Crippen MR) is 87.8 cm³/mol. The van der Waals surface area contributed by atoms with E-state index in [1.807, 2.05) is 6.07 Å². The van der Waals surface area contributed by atoms with E-state index in [9.17, 15) is 28.1 Å². The van der Waals surface area contributed by atoms with Crippen molar-refractivity contribution in [2.24, 2.45) is 0 Å². The zero-order valence-corrected chi connectivity index (χ0v) is 14.6. The van der Waals surface area contributed by atoms with E-state index < -0.39 is 39.1 Å². The molecule has 0 aromatic carbocycles. The lowest BCUT2D eigenvalue weighted by molar-refractivity contribution is -0.123. The number of carbonyl (C=O) groups is 1. The molecule has 0 saturated carbocycles. The zero-order valence-electron chi connectivity index (χ0n) is 13.7. The van der Waals surface area contributed by atoms with Gasteiger partial charge >= 0.3 is 5.69 Å². The van der Waals surface area contributed by atoms with E-state index in [1.54, 1.807) is 6.92 Å². The van der Waals surface area contributed by atoms with E-state index >= 15 is 0 Å². The van der Waals surface area contributed by atoms with Crippen LogP contribution in [0.1, 0.15) is 31.0 Å². The fourth-order valence-corrected chi connectivity index (χ4v) is 5.61. The molecule has 2 aliphatic heterocycles. The third kappa shape index (κ3) is 3.11. The fraction of sp³-hybridized carbons (Fsp3) is 0.600. The van der Waals surface area contributed by atoms with Gasteiger partial charge in [-0.05, 0) is 26.2 Å². The first kappa shape index (κ1) is 17.4. The van der Waals surface area contributed by atoms with E-state index in [4.69, 9.17) is 0 Å². The summed E-state index contributed by atoms with van der Waals surface area (Å²) in [6, 6.07) is 1.82. The molecule has 1 atom stereocenters. The number of carbonyl (C=O) groups excluding carboxylic acids is 1. The first-order valence-corrected chi connectivity index (χ1v) is 9.76. The van der Waals surface area contributed by atoms with Crippen molar-refractivity contribution in [3.63, 3.8) is 0 Å². The van der Waals surface area contributed by atoms with Crippen LogP contribution < -0.4 is 16.6 Å². The van der Waals surface area contributed by atoms with Gasteiger partial charge in [-0.2, -0.15) is 5.26 Å². The summed E-state index contributed by atoms with van der Waals surface area (Å²) in [6.45, 7) is 1.48. The summed E-state index contributed by atoms with van der Waals surface area (Å²) in [4.78, 5) is 37.1. The molecule has 0 aliphatic carbocycles. The van der Waals surface area contributed by atoms with E-state index in [2.05, 4.69) is 5.32 Å². The number of nitrogens with zero attached hydrogens (tertiary/aromatic N) is 3. The number of amides is 1. The number of aromatic nitrogens is 2. The van der Waals surface area contributed by atoms with Crippen LogP contribution in [-0.4, -0.2) is 40.5 Å². The van der Waals surface area contributed by atoms with Crippen LogP contribution >= 0.6 is 0 Å². The quantitative estimate of drug-likeness (QED) is 0.694. The number of fused-ring (bicyclic) bond motifs is 1.